The van der Waals surface area contributed by atoms with E-state index in [1.807, 2.05) is 37.3 Å². The molecule has 4 nitrogen and oxygen atoms in total. The Bertz CT molecular complexity index is 346. The topological polar surface area (TPSA) is 53.5 Å². The minimum atomic E-state index is -0.152. The molecule has 0 aliphatic rings. The Balaban J connectivity index is 2.54. The zero-order chi connectivity index (χ0) is 11.1. The maximum Gasteiger partial charge on any atom is 0.267 e. The lowest BCUT2D eigenvalue weighted by Crippen LogP contribution is -2.29. The van der Waals surface area contributed by atoms with E-state index in [4.69, 9.17) is 0 Å². The Kier molecular flexibility index (Phi) is 4.34. The van der Waals surface area contributed by atoms with Crippen molar-refractivity contribution in [2.45, 2.75) is 13.8 Å². The van der Waals surface area contributed by atoms with Crippen molar-refractivity contribution in [2.75, 3.05) is 12.0 Å². The van der Waals surface area contributed by atoms with E-state index >= 15 is 0 Å². The van der Waals surface area contributed by atoms with Gasteiger partial charge in [0.2, 0.25) is 0 Å². The molecule has 1 amide bonds. The molecule has 0 atom stereocenters. The fourth-order valence-electron chi connectivity index (χ4n) is 1.00. The highest BCUT2D eigenvalue weighted by Crippen LogP contribution is 2.04. The number of rotatable bonds is 4. The Hall–Kier alpha value is -1.84. The molecule has 1 rings (SSSR count). The first kappa shape index (κ1) is 11.2. The molecule has 0 aromatic heterocycles. The van der Waals surface area contributed by atoms with Crippen LogP contribution in [0, 0.1) is 0 Å². The van der Waals surface area contributed by atoms with E-state index in [-0.39, 0.29) is 5.91 Å². The number of hydrogen-bond acceptors (Lipinski definition) is 3. The zero-order valence-corrected chi connectivity index (χ0v) is 8.95. The molecule has 80 valence electrons. The number of carbonyl (C=O) groups excluding carboxylic acids is 1. The second kappa shape index (κ2) is 5.80. The van der Waals surface area contributed by atoms with Crippen LogP contribution in [0.5, 0.6) is 0 Å². The quantitative estimate of drug-likeness (QED) is 0.579. The molecule has 0 aliphatic carbocycles. The lowest BCUT2D eigenvalue weighted by atomic mass is 10.3. The molecule has 1 aromatic carbocycles. The SMILES string of the molecule is CCNC(=O)/C(C)=N/Nc1ccccc1. The standard InChI is InChI=1S/C11H15N3O/c1-3-12-11(15)9(2)13-14-10-7-5-4-6-8-10/h4-8,14H,3H2,1-2H3,(H,12,15)/b13-9+. The predicted octanol–water partition coefficient (Wildman–Crippen LogP) is 1.61. The number of hydrogen-bond donors (Lipinski definition) is 2. The van der Waals surface area contributed by atoms with E-state index in [1.165, 1.54) is 0 Å². The first-order valence-corrected chi connectivity index (χ1v) is 4.87. The summed E-state index contributed by atoms with van der Waals surface area (Å²) in [6.07, 6.45) is 0. The van der Waals surface area contributed by atoms with E-state index in [0.717, 1.165) is 5.69 Å². The van der Waals surface area contributed by atoms with E-state index in [1.54, 1.807) is 6.92 Å². The van der Waals surface area contributed by atoms with Crippen LogP contribution in [0.1, 0.15) is 13.8 Å². The number of nitrogens with zero attached hydrogens (tertiary/aromatic N) is 1. The van der Waals surface area contributed by atoms with Gasteiger partial charge in [0, 0.05) is 6.54 Å². The van der Waals surface area contributed by atoms with Crippen LogP contribution in [0.4, 0.5) is 5.69 Å². The average Bonchev–Trinajstić information content (AvgIpc) is 2.27. The molecule has 0 saturated carbocycles. The Morgan fingerprint density at radius 3 is 2.60 bits per heavy atom. The number of amides is 1. The van der Waals surface area contributed by atoms with E-state index in [9.17, 15) is 4.79 Å². The number of nitrogens with one attached hydrogen (secondary N) is 2. The third kappa shape index (κ3) is 3.81. The van der Waals surface area contributed by atoms with Gasteiger partial charge in [0.25, 0.3) is 5.91 Å². The van der Waals surface area contributed by atoms with Crippen molar-refractivity contribution in [3.05, 3.63) is 30.3 Å². The predicted molar refractivity (Wildman–Crippen MR) is 61.9 cm³/mol. The van der Waals surface area contributed by atoms with Gasteiger partial charge in [0.1, 0.15) is 5.71 Å². The van der Waals surface area contributed by atoms with Crippen LogP contribution in [0.2, 0.25) is 0 Å². The summed E-state index contributed by atoms with van der Waals surface area (Å²) in [5, 5.41) is 6.64. The van der Waals surface area contributed by atoms with Crippen molar-refractivity contribution in [3.63, 3.8) is 0 Å². The van der Waals surface area contributed by atoms with Gasteiger partial charge in [-0.2, -0.15) is 5.10 Å². The van der Waals surface area contributed by atoms with Crippen LogP contribution in [-0.2, 0) is 4.79 Å². The summed E-state index contributed by atoms with van der Waals surface area (Å²) >= 11 is 0. The number of para-hydroxylation sites is 1. The second-order valence-corrected chi connectivity index (χ2v) is 3.03. The highest BCUT2D eigenvalue weighted by Gasteiger charge is 2.02. The minimum Gasteiger partial charge on any atom is -0.351 e. The molecule has 1 aromatic rings. The van der Waals surface area contributed by atoms with Crippen molar-refractivity contribution in [1.82, 2.24) is 5.32 Å². The van der Waals surface area contributed by atoms with E-state index < -0.39 is 0 Å². The van der Waals surface area contributed by atoms with Crippen molar-refractivity contribution in [1.29, 1.82) is 0 Å². The molecule has 0 radical (unpaired) electrons. The lowest BCUT2D eigenvalue weighted by molar-refractivity contribution is -0.114. The molecule has 0 saturated heterocycles. The summed E-state index contributed by atoms with van der Waals surface area (Å²) in [4.78, 5) is 11.3. The number of anilines is 1. The summed E-state index contributed by atoms with van der Waals surface area (Å²) < 4.78 is 0. The minimum absolute atomic E-state index is 0.152. The number of benzene rings is 1. The molecular formula is C11H15N3O. The van der Waals surface area contributed by atoms with Crippen LogP contribution in [0.15, 0.2) is 35.4 Å². The molecule has 0 bridgehead atoms. The molecule has 0 heterocycles. The van der Waals surface area contributed by atoms with Gasteiger partial charge in [0.05, 0.1) is 5.69 Å². The Labute approximate surface area is 89.4 Å². The van der Waals surface area contributed by atoms with Gasteiger partial charge >= 0.3 is 0 Å². The fourth-order valence-corrected chi connectivity index (χ4v) is 1.00. The fraction of sp³-hybridized carbons (Fsp3) is 0.273. The smallest absolute Gasteiger partial charge is 0.267 e. The van der Waals surface area contributed by atoms with Gasteiger partial charge in [0.15, 0.2) is 0 Å². The van der Waals surface area contributed by atoms with Crippen LogP contribution >= 0.6 is 0 Å². The normalized spacial score (nSPS) is 10.9. The van der Waals surface area contributed by atoms with Crippen LogP contribution in [0.25, 0.3) is 0 Å². The van der Waals surface area contributed by atoms with Gasteiger partial charge < -0.3 is 5.32 Å². The van der Waals surface area contributed by atoms with Gasteiger partial charge in [-0.1, -0.05) is 18.2 Å². The molecule has 2 N–H and O–H groups in total. The third-order valence-corrected chi connectivity index (χ3v) is 1.79. The summed E-state index contributed by atoms with van der Waals surface area (Å²) in [5.41, 5.74) is 4.09. The Morgan fingerprint density at radius 2 is 2.00 bits per heavy atom. The van der Waals surface area contributed by atoms with E-state index in [2.05, 4.69) is 15.8 Å². The maximum absolute atomic E-state index is 11.3. The summed E-state index contributed by atoms with van der Waals surface area (Å²) in [6.45, 7) is 4.15. The highest BCUT2D eigenvalue weighted by molar-refractivity contribution is 6.38. The van der Waals surface area contributed by atoms with Crippen molar-refractivity contribution >= 4 is 17.3 Å². The van der Waals surface area contributed by atoms with Crippen molar-refractivity contribution < 1.29 is 4.79 Å². The summed E-state index contributed by atoms with van der Waals surface area (Å²) in [5.74, 6) is -0.152. The van der Waals surface area contributed by atoms with Crippen LogP contribution < -0.4 is 10.7 Å². The van der Waals surface area contributed by atoms with Gasteiger partial charge in [-0.05, 0) is 26.0 Å². The average molecular weight is 205 g/mol. The molecule has 0 fully saturated rings. The second-order valence-electron chi connectivity index (χ2n) is 3.03. The largest absolute Gasteiger partial charge is 0.351 e. The summed E-state index contributed by atoms with van der Waals surface area (Å²) in [6, 6.07) is 9.49. The van der Waals surface area contributed by atoms with Gasteiger partial charge in [-0.3, -0.25) is 10.2 Å². The number of carbonyl (C=O) groups is 1. The molecule has 0 aliphatic heterocycles. The lowest BCUT2D eigenvalue weighted by Gasteiger charge is -2.02. The highest BCUT2D eigenvalue weighted by atomic mass is 16.1. The first-order valence-electron chi connectivity index (χ1n) is 4.87. The monoisotopic (exact) mass is 205 g/mol. The van der Waals surface area contributed by atoms with Crippen LogP contribution in [0.3, 0.4) is 0 Å². The van der Waals surface area contributed by atoms with Gasteiger partial charge in [-0.15, -0.1) is 0 Å². The van der Waals surface area contributed by atoms with Gasteiger partial charge in [-0.25, -0.2) is 0 Å². The van der Waals surface area contributed by atoms with Crippen molar-refractivity contribution in [3.8, 4) is 0 Å². The molecule has 0 spiro atoms. The first-order chi connectivity index (χ1) is 7.24. The Morgan fingerprint density at radius 1 is 1.33 bits per heavy atom. The van der Waals surface area contributed by atoms with E-state index in [0.29, 0.717) is 12.3 Å². The molecule has 4 heteroatoms. The maximum atomic E-state index is 11.3. The molecule has 0 unspecified atom stereocenters. The van der Waals surface area contributed by atoms with Crippen molar-refractivity contribution in [2.24, 2.45) is 5.10 Å². The third-order valence-electron chi connectivity index (χ3n) is 1.79. The molecular weight excluding hydrogens is 190 g/mol. The number of hydrazone groups is 1. The van der Waals surface area contributed by atoms with Crippen LogP contribution in [-0.4, -0.2) is 18.2 Å². The zero-order valence-electron chi connectivity index (χ0n) is 8.95. The summed E-state index contributed by atoms with van der Waals surface area (Å²) in [7, 11) is 0. The molecule has 15 heavy (non-hydrogen) atoms.